The molecule has 1 atom stereocenters. The van der Waals surface area contributed by atoms with Gasteiger partial charge in [0.15, 0.2) is 0 Å². The fraction of sp³-hybridized carbons (Fsp3) is 0.462. The monoisotopic (exact) mass is 215 g/mol. The highest BCUT2D eigenvalue weighted by atomic mass is 15.2. The number of anilines is 1. The van der Waals surface area contributed by atoms with Crippen molar-refractivity contribution in [3.05, 3.63) is 29.3 Å². The number of piperazine rings is 1. The van der Waals surface area contributed by atoms with Crippen LogP contribution in [0.4, 0.5) is 5.69 Å². The van der Waals surface area contributed by atoms with Crippen molar-refractivity contribution in [2.45, 2.75) is 19.9 Å². The number of aryl methyl sites for hydroxylation is 1. The topological polar surface area (TPSA) is 39.1 Å². The van der Waals surface area contributed by atoms with E-state index in [1.165, 1.54) is 5.56 Å². The SMILES string of the molecule is Cc1ccc(C#N)c(N2CCNCC2C)c1. The lowest BCUT2D eigenvalue weighted by Crippen LogP contribution is -2.50. The summed E-state index contributed by atoms with van der Waals surface area (Å²) in [6, 6.07) is 8.75. The van der Waals surface area contributed by atoms with Gasteiger partial charge in [0, 0.05) is 25.7 Å². The van der Waals surface area contributed by atoms with Crippen molar-refractivity contribution in [3.8, 4) is 6.07 Å². The maximum atomic E-state index is 9.13. The summed E-state index contributed by atoms with van der Waals surface area (Å²) in [5.74, 6) is 0. The van der Waals surface area contributed by atoms with E-state index in [-0.39, 0.29) is 0 Å². The molecule has 0 aromatic heterocycles. The van der Waals surface area contributed by atoms with Crippen LogP contribution in [0.2, 0.25) is 0 Å². The molecular weight excluding hydrogens is 198 g/mol. The van der Waals surface area contributed by atoms with Gasteiger partial charge in [0.25, 0.3) is 0 Å². The quantitative estimate of drug-likeness (QED) is 0.774. The molecule has 3 nitrogen and oxygen atoms in total. The van der Waals surface area contributed by atoms with E-state index in [1.54, 1.807) is 0 Å². The minimum Gasteiger partial charge on any atom is -0.365 e. The van der Waals surface area contributed by atoms with Crippen molar-refractivity contribution >= 4 is 5.69 Å². The van der Waals surface area contributed by atoms with Gasteiger partial charge < -0.3 is 10.2 Å². The van der Waals surface area contributed by atoms with E-state index >= 15 is 0 Å². The van der Waals surface area contributed by atoms with Gasteiger partial charge >= 0.3 is 0 Å². The van der Waals surface area contributed by atoms with Crippen LogP contribution in [-0.2, 0) is 0 Å². The summed E-state index contributed by atoms with van der Waals surface area (Å²) in [5.41, 5.74) is 3.07. The average molecular weight is 215 g/mol. The lowest BCUT2D eigenvalue weighted by molar-refractivity contribution is 0.500. The van der Waals surface area contributed by atoms with Crippen LogP contribution in [0.1, 0.15) is 18.1 Å². The van der Waals surface area contributed by atoms with Crippen molar-refractivity contribution in [2.24, 2.45) is 0 Å². The van der Waals surface area contributed by atoms with Crippen LogP contribution in [0.5, 0.6) is 0 Å². The first-order chi connectivity index (χ1) is 7.72. The number of nitriles is 1. The molecule has 1 fully saturated rings. The van der Waals surface area contributed by atoms with Crippen molar-refractivity contribution in [1.29, 1.82) is 5.26 Å². The van der Waals surface area contributed by atoms with E-state index in [0.717, 1.165) is 30.9 Å². The minimum atomic E-state index is 0.447. The first-order valence-electron chi connectivity index (χ1n) is 5.70. The van der Waals surface area contributed by atoms with Gasteiger partial charge in [-0.2, -0.15) is 5.26 Å². The molecule has 3 heteroatoms. The summed E-state index contributed by atoms with van der Waals surface area (Å²) in [4.78, 5) is 2.32. The lowest BCUT2D eigenvalue weighted by Gasteiger charge is -2.36. The first kappa shape index (κ1) is 11.0. The molecular formula is C13H17N3. The second kappa shape index (κ2) is 4.54. The second-order valence-corrected chi connectivity index (χ2v) is 4.38. The fourth-order valence-electron chi connectivity index (χ4n) is 2.17. The summed E-state index contributed by atoms with van der Waals surface area (Å²) in [7, 11) is 0. The van der Waals surface area contributed by atoms with Crippen molar-refractivity contribution < 1.29 is 0 Å². The van der Waals surface area contributed by atoms with Crippen LogP contribution in [0.3, 0.4) is 0 Å². The Kier molecular flexibility index (Phi) is 3.12. The Hall–Kier alpha value is -1.53. The molecule has 0 amide bonds. The largest absolute Gasteiger partial charge is 0.365 e. The molecule has 1 aliphatic heterocycles. The summed E-state index contributed by atoms with van der Waals surface area (Å²) >= 11 is 0. The fourth-order valence-corrected chi connectivity index (χ4v) is 2.17. The van der Waals surface area contributed by atoms with Crippen LogP contribution >= 0.6 is 0 Å². The molecule has 1 heterocycles. The summed E-state index contributed by atoms with van der Waals surface area (Å²) in [6.07, 6.45) is 0. The number of hydrogen-bond donors (Lipinski definition) is 1. The predicted octanol–water partition coefficient (Wildman–Crippen LogP) is 1.66. The van der Waals surface area contributed by atoms with Gasteiger partial charge in [0.05, 0.1) is 11.3 Å². The minimum absolute atomic E-state index is 0.447. The number of nitrogens with zero attached hydrogens (tertiary/aromatic N) is 2. The summed E-state index contributed by atoms with van der Waals surface area (Å²) < 4.78 is 0. The van der Waals surface area contributed by atoms with E-state index in [0.29, 0.717) is 6.04 Å². The zero-order valence-corrected chi connectivity index (χ0v) is 9.83. The zero-order chi connectivity index (χ0) is 11.5. The van der Waals surface area contributed by atoms with Gasteiger partial charge in [0.2, 0.25) is 0 Å². The Morgan fingerprint density at radius 3 is 3.00 bits per heavy atom. The van der Waals surface area contributed by atoms with Crippen molar-refractivity contribution in [1.82, 2.24) is 5.32 Å². The Balaban J connectivity index is 2.38. The highest BCUT2D eigenvalue weighted by Crippen LogP contribution is 2.24. The summed E-state index contributed by atoms with van der Waals surface area (Å²) in [5, 5.41) is 12.5. The highest BCUT2D eigenvalue weighted by Gasteiger charge is 2.20. The average Bonchev–Trinajstić information content (AvgIpc) is 2.29. The zero-order valence-electron chi connectivity index (χ0n) is 9.83. The predicted molar refractivity (Wildman–Crippen MR) is 65.6 cm³/mol. The van der Waals surface area contributed by atoms with Gasteiger partial charge in [-0.3, -0.25) is 0 Å². The molecule has 1 N–H and O–H groups in total. The van der Waals surface area contributed by atoms with Crippen LogP contribution in [0, 0.1) is 18.3 Å². The smallest absolute Gasteiger partial charge is 0.101 e. The summed E-state index contributed by atoms with van der Waals surface area (Å²) in [6.45, 7) is 7.20. The number of rotatable bonds is 1. The Labute approximate surface area is 96.7 Å². The Morgan fingerprint density at radius 2 is 2.31 bits per heavy atom. The molecule has 84 valence electrons. The Morgan fingerprint density at radius 1 is 1.50 bits per heavy atom. The van der Waals surface area contributed by atoms with Crippen LogP contribution < -0.4 is 10.2 Å². The third kappa shape index (κ3) is 2.02. The third-order valence-corrected chi connectivity index (χ3v) is 3.08. The maximum Gasteiger partial charge on any atom is 0.101 e. The van der Waals surface area contributed by atoms with Crippen LogP contribution in [0.25, 0.3) is 0 Å². The van der Waals surface area contributed by atoms with Gasteiger partial charge in [0.1, 0.15) is 6.07 Å². The van der Waals surface area contributed by atoms with Crippen LogP contribution in [0.15, 0.2) is 18.2 Å². The first-order valence-corrected chi connectivity index (χ1v) is 5.70. The molecule has 0 radical (unpaired) electrons. The van der Waals surface area contributed by atoms with E-state index < -0.39 is 0 Å². The van der Waals surface area contributed by atoms with E-state index in [4.69, 9.17) is 5.26 Å². The molecule has 1 saturated heterocycles. The van der Waals surface area contributed by atoms with Gasteiger partial charge in [-0.25, -0.2) is 0 Å². The molecule has 1 unspecified atom stereocenters. The molecule has 1 aliphatic rings. The van der Waals surface area contributed by atoms with E-state index in [1.807, 2.05) is 12.1 Å². The molecule has 0 saturated carbocycles. The van der Waals surface area contributed by atoms with Gasteiger partial charge in [-0.05, 0) is 31.5 Å². The third-order valence-electron chi connectivity index (χ3n) is 3.08. The van der Waals surface area contributed by atoms with Gasteiger partial charge in [-0.15, -0.1) is 0 Å². The highest BCUT2D eigenvalue weighted by molar-refractivity contribution is 5.61. The van der Waals surface area contributed by atoms with Gasteiger partial charge in [-0.1, -0.05) is 6.07 Å². The molecule has 0 aliphatic carbocycles. The van der Waals surface area contributed by atoms with E-state index in [2.05, 4.69) is 36.2 Å². The number of hydrogen-bond acceptors (Lipinski definition) is 3. The normalized spacial score (nSPS) is 20.6. The standard InChI is InChI=1S/C13H17N3/c1-10-3-4-12(8-14)13(7-10)16-6-5-15-9-11(16)2/h3-4,7,11,15H,5-6,9H2,1-2H3. The molecule has 0 bridgehead atoms. The Bertz CT molecular complexity index is 420. The lowest BCUT2D eigenvalue weighted by atomic mass is 10.1. The van der Waals surface area contributed by atoms with Crippen LogP contribution in [-0.4, -0.2) is 25.7 Å². The number of benzene rings is 1. The molecule has 2 rings (SSSR count). The molecule has 1 aromatic carbocycles. The molecule has 1 aromatic rings. The van der Waals surface area contributed by atoms with Crippen molar-refractivity contribution in [2.75, 3.05) is 24.5 Å². The van der Waals surface area contributed by atoms with Crippen molar-refractivity contribution in [3.63, 3.8) is 0 Å². The number of nitrogens with one attached hydrogen (secondary N) is 1. The second-order valence-electron chi connectivity index (χ2n) is 4.38. The molecule has 16 heavy (non-hydrogen) atoms. The molecule has 0 spiro atoms. The maximum absolute atomic E-state index is 9.13. The van der Waals surface area contributed by atoms with E-state index in [9.17, 15) is 0 Å².